The zero-order chi connectivity index (χ0) is 24.9. The third-order valence-electron chi connectivity index (χ3n) is 6.76. The van der Waals surface area contributed by atoms with E-state index in [4.69, 9.17) is 14.5 Å². The fourth-order valence-electron chi connectivity index (χ4n) is 5.07. The topological polar surface area (TPSA) is 65.0 Å². The van der Waals surface area contributed by atoms with E-state index in [1.165, 1.54) is 0 Å². The maximum Gasteiger partial charge on any atom is 0.315 e. The van der Waals surface area contributed by atoms with Crippen LogP contribution in [-0.4, -0.2) is 24.1 Å². The first-order valence-corrected chi connectivity index (χ1v) is 12.4. The summed E-state index contributed by atoms with van der Waals surface area (Å²) in [6.07, 6.45) is 2.63. The van der Waals surface area contributed by atoms with Crippen LogP contribution in [0.2, 0.25) is 0 Å². The normalized spacial score (nSPS) is 19.4. The Morgan fingerprint density at radius 1 is 0.917 bits per heavy atom. The maximum absolute atomic E-state index is 13.5. The summed E-state index contributed by atoms with van der Waals surface area (Å²) < 4.78 is 11.8. The van der Waals surface area contributed by atoms with Gasteiger partial charge in [0, 0.05) is 35.7 Å². The standard InChI is InChI=1S/C31H29NO4/c1-21-28(31(34)35-19-18-22-10-4-2-5-11-22)29(30-26(32-21)16-9-17-27(30)33)23-12-8-15-25(20-23)36-24-13-6-3-7-14-24/h2-8,10-15,20,28-29H,9,16-19H2,1H3/t28?,29-/m1/s1. The van der Waals surface area contributed by atoms with E-state index in [0.717, 1.165) is 35.4 Å². The number of allylic oxidation sites excluding steroid dienone is 2. The van der Waals surface area contributed by atoms with Gasteiger partial charge in [0.25, 0.3) is 0 Å². The first-order valence-electron chi connectivity index (χ1n) is 12.4. The number of Topliss-reactive ketones (excluding diaryl/α,β-unsaturated/α-hetero) is 1. The highest BCUT2D eigenvalue weighted by atomic mass is 16.5. The molecule has 0 radical (unpaired) electrons. The van der Waals surface area contributed by atoms with Crippen molar-refractivity contribution in [2.75, 3.05) is 6.61 Å². The van der Waals surface area contributed by atoms with E-state index in [1.807, 2.05) is 91.9 Å². The molecule has 1 aliphatic heterocycles. The SMILES string of the molecule is CC1=NC2=C(C(=O)CCC2)[C@H](c2cccc(Oc3ccccc3)c2)C1C(=O)OCCc1ccccc1. The summed E-state index contributed by atoms with van der Waals surface area (Å²) in [7, 11) is 0. The Labute approximate surface area is 211 Å². The van der Waals surface area contributed by atoms with Crippen molar-refractivity contribution in [1.29, 1.82) is 0 Å². The molecule has 5 heteroatoms. The molecule has 0 amide bonds. The number of esters is 1. The highest BCUT2D eigenvalue weighted by Gasteiger charge is 2.43. The lowest BCUT2D eigenvalue weighted by molar-refractivity contribution is -0.146. The number of carbonyl (C=O) groups excluding carboxylic acids is 2. The lowest BCUT2D eigenvalue weighted by Crippen LogP contribution is -2.37. The van der Waals surface area contributed by atoms with Crippen molar-refractivity contribution in [2.24, 2.45) is 10.9 Å². The Kier molecular flexibility index (Phi) is 7.08. The number of rotatable bonds is 7. The molecular weight excluding hydrogens is 450 g/mol. The maximum atomic E-state index is 13.5. The molecule has 0 saturated heterocycles. The van der Waals surface area contributed by atoms with Crippen molar-refractivity contribution in [1.82, 2.24) is 0 Å². The highest BCUT2D eigenvalue weighted by molar-refractivity contribution is 6.08. The minimum Gasteiger partial charge on any atom is -0.465 e. The zero-order valence-corrected chi connectivity index (χ0v) is 20.4. The number of hydrogen-bond acceptors (Lipinski definition) is 5. The van der Waals surface area contributed by atoms with Gasteiger partial charge >= 0.3 is 5.97 Å². The third kappa shape index (κ3) is 5.15. The zero-order valence-electron chi connectivity index (χ0n) is 20.4. The minimum absolute atomic E-state index is 0.0639. The van der Waals surface area contributed by atoms with Crippen LogP contribution in [0.1, 0.15) is 43.2 Å². The molecule has 0 spiro atoms. The van der Waals surface area contributed by atoms with Crippen molar-refractivity contribution in [2.45, 2.75) is 38.5 Å². The van der Waals surface area contributed by atoms with Gasteiger partial charge in [0.05, 0.1) is 6.61 Å². The van der Waals surface area contributed by atoms with E-state index in [1.54, 1.807) is 0 Å². The van der Waals surface area contributed by atoms with E-state index < -0.39 is 11.8 Å². The molecule has 0 fully saturated rings. The fraction of sp³-hybridized carbons (Fsp3) is 0.258. The summed E-state index contributed by atoms with van der Waals surface area (Å²) in [4.78, 5) is 31.4. The fourth-order valence-corrected chi connectivity index (χ4v) is 5.07. The Hall–Kier alpha value is -3.99. The van der Waals surface area contributed by atoms with E-state index in [2.05, 4.69) is 0 Å². The van der Waals surface area contributed by atoms with Crippen molar-refractivity contribution in [3.05, 3.63) is 107 Å². The molecule has 5 nitrogen and oxygen atoms in total. The van der Waals surface area contributed by atoms with E-state index >= 15 is 0 Å². The lowest BCUT2D eigenvalue weighted by atomic mass is 9.71. The molecule has 3 aromatic rings. The molecular formula is C31H29NO4. The van der Waals surface area contributed by atoms with Gasteiger partial charge in [-0.2, -0.15) is 0 Å². The molecule has 1 unspecified atom stereocenters. The average Bonchev–Trinajstić information content (AvgIpc) is 2.89. The van der Waals surface area contributed by atoms with E-state index in [0.29, 0.717) is 29.9 Å². The molecule has 2 atom stereocenters. The second-order valence-corrected chi connectivity index (χ2v) is 9.24. The summed E-state index contributed by atoms with van der Waals surface area (Å²) >= 11 is 0. The molecule has 2 aliphatic rings. The second kappa shape index (κ2) is 10.7. The van der Waals surface area contributed by atoms with Crippen LogP contribution in [0.15, 0.2) is 101 Å². The van der Waals surface area contributed by atoms with Gasteiger partial charge < -0.3 is 9.47 Å². The number of hydrogen-bond donors (Lipinski definition) is 0. The number of ether oxygens (including phenoxy) is 2. The number of ketones is 1. The van der Waals surface area contributed by atoms with Crippen LogP contribution >= 0.6 is 0 Å². The number of para-hydroxylation sites is 1. The number of carbonyl (C=O) groups is 2. The van der Waals surface area contributed by atoms with Crippen LogP contribution in [0.25, 0.3) is 0 Å². The van der Waals surface area contributed by atoms with Crippen LogP contribution in [0.4, 0.5) is 0 Å². The molecule has 5 rings (SSSR count). The molecule has 0 N–H and O–H groups in total. The Morgan fingerprint density at radius 2 is 1.64 bits per heavy atom. The van der Waals surface area contributed by atoms with Gasteiger partial charge in [0.15, 0.2) is 5.78 Å². The van der Waals surface area contributed by atoms with Crippen LogP contribution < -0.4 is 4.74 Å². The molecule has 3 aromatic carbocycles. The van der Waals surface area contributed by atoms with Gasteiger partial charge in [-0.1, -0.05) is 60.7 Å². The third-order valence-corrected chi connectivity index (χ3v) is 6.76. The summed E-state index contributed by atoms with van der Waals surface area (Å²) in [5.74, 6) is -0.0186. The Balaban J connectivity index is 1.45. The van der Waals surface area contributed by atoms with Crippen molar-refractivity contribution in [3.8, 4) is 11.5 Å². The van der Waals surface area contributed by atoms with Gasteiger partial charge in [0.2, 0.25) is 0 Å². The van der Waals surface area contributed by atoms with Crippen LogP contribution in [-0.2, 0) is 20.7 Å². The van der Waals surface area contributed by atoms with Gasteiger partial charge in [0.1, 0.15) is 17.4 Å². The van der Waals surface area contributed by atoms with Crippen molar-refractivity contribution < 1.29 is 19.1 Å². The van der Waals surface area contributed by atoms with Crippen LogP contribution in [0, 0.1) is 5.92 Å². The van der Waals surface area contributed by atoms with Crippen molar-refractivity contribution in [3.63, 3.8) is 0 Å². The molecule has 1 heterocycles. The lowest BCUT2D eigenvalue weighted by Gasteiger charge is -2.34. The van der Waals surface area contributed by atoms with Crippen LogP contribution in [0.5, 0.6) is 11.5 Å². The quantitative estimate of drug-likeness (QED) is 0.366. The minimum atomic E-state index is -0.659. The van der Waals surface area contributed by atoms with Gasteiger partial charge in [-0.15, -0.1) is 0 Å². The van der Waals surface area contributed by atoms with E-state index in [9.17, 15) is 9.59 Å². The molecule has 0 bridgehead atoms. The predicted octanol–water partition coefficient (Wildman–Crippen LogP) is 6.45. The smallest absolute Gasteiger partial charge is 0.315 e. The largest absolute Gasteiger partial charge is 0.465 e. The number of aliphatic imine (C=N–C) groups is 1. The highest BCUT2D eigenvalue weighted by Crippen LogP contribution is 2.44. The Bertz CT molecular complexity index is 1310. The first kappa shape index (κ1) is 23.7. The average molecular weight is 480 g/mol. The first-order chi connectivity index (χ1) is 17.6. The Morgan fingerprint density at radius 3 is 2.42 bits per heavy atom. The monoisotopic (exact) mass is 479 g/mol. The molecule has 0 saturated carbocycles. The molecule has 36 heavy (non-hydrogen) atoms. The van der Waals surface area contributed by atoms with Gasteiger partial charge in [-0.3, -0.25) is 14.6 Å². The summed E-state index contributed by atoms with van der Waals surface area (Å²) in [5, 5.41) is 0. The number of nitrogens with zero attached hydrogens (tertiary/aromatic N) is 1. The molecule has 0 aromatic heterocycles. The predicted molar refractivity (Wildman–Crippen MR) is 139 cm³/mol. The second-order valence-electron chi connectivity index (χ2n) is 9.24. The van der Waals surface area contributed by atoms with Gasteiger partial charge in [-0.05, 0) is 55.2 Å². The molecule has 182 valence electrons. The van der Waals surface area contributed by atoms with E-state index in [-0.39, 0.29) is 18.4 Å². The number of benzene rings is 3. The van der Waals surface area contributed by atoms with Crippen molar-refractivity contribution >= 4 is 17.5 Å². The van der Waals surface area contributed by atoms with Gasteiger partial charge in [-0.25, -0.2) is 0 Å². The summed E-state index contributed by atoms with van der Waals surface area (Å²) in [5.41, 5.74) is 4.09. The summed E-state index contributed by atoms with van der Waals surface area (Å²) in [6, 6.07) is 27.1. The summed E-state index contributed by atoms with van der Waals surface area (Å²) in [6.45, 7) is 2.14. The molecule has 1 aliphatic carbocycles. The van der Waals surface area contributed by atoms with Crippen LogP contribution in [0.3, 0.4) is 0 Å².